The van der Waals surface area contributed by atoms with Gasteiger partial charge in [0.05, 0.1) is 6.10 Å². The molecule has 17 heavy (non-hydrogen) atoms. The average Bonchev–Trinajstić information content (AvgIpc) is 2.70. The van der Waals surface area contributed by atoms with Gasteiger partial charge >= 0.3 is 5.97 Å². The first-order chi connectivity index (χ1) is 8.14. The van der Waals surface area contributed by atoms with Crippen LogP contribution in [0.3, 0.4) is 0 Å². The van der Waals surface area contributed by atoms with Crippen molar-refractivity contribution >= 4 is 5.97 Å². The molecule has 0 aromatic heterocycles. The molecule has 0 amide bonds. The van der Waals surface area contributed by atoms with Gasteiger partial charge in [0.2, 0.25) is 0 Å². The summed E-state index contributed by atoms with van der Waals surface area (Å²) in [5.74, 6) is -0.737. The van der Waals surface area contributed by atoms with Crippen molar-refractivity contribution in [3.8, 4) is 0 Å². The van der Waals surface area contributed by atoms with Crippen LogP contribution in [-0.2, 0) is 9.53 Å². The minimum absolute atomic E-state index is 0.113. The Morgan fingerprint density at radius 2 is 2.24 bits per heavy atom. The molecule has 0 saturated heterocycles. The van der Waals surface area contributed by atoms with Crippen molar-refractivity contribution in [2.45, 2.75) is 64.0 Å². The molecule has 0 radical (unpaired) electrons. The Kier molecular flexibility index (Phi) is 5.92. The van der Waals surface area contributed by atoms with E-state index in [0.717, 1.165) is 19.4 Å². The van der Waals surface area contributed by atoms with Gasteiger partial charge < -0.3 is 15.2 Å². The molecule has 2 atom stereocenters. The summed E-state index contributed by atoms with van der Waals surface area (Å²) in [5.41, 5.74) is -0.746. The van der Waals surface area contributed by atoms with Crippen molar-refractivity contribution in [2.24, 2.45) is 0 Å². The number of ether oxygens (including phenoxy) is 1. The molecule has 0 aliphatic heterocycles. The molecule has 100 valence electrons. The van der Waals surface area contributed by atoms with Crippen LogP contribution < -0.4 is 5.32 Å². The summed E-state index contributed by atoms with van der Waals surface area (Å²) in [5, 5.41) is 12.4. The van der Waals surface area contributed by atoms with E-state index in [-0.39, 0.29) is 6.10 Å². The van der Waals surface area contributed by atoms with Gasteiger partial charge in [0, 0.05) is 13.0 Å². The lowest BCUT2D eigenvalue weighted by atomic mass is 9.98. The van der Waals surface area contributed by atoms with Gasteiger partial charge in [-0.15, -0.1) is 0 Å². The van der Waals surface area contributed by atoms with Gasteiger partial charge in [-0.2, -0.15) is 0 Å². The SMILES string of the molecule is CCCCCOC1CCC(NCC)(C(=O)O)C1. The van der Waals surface area contributed by atoms with Crippen LogP contribution in [0.15, 0.2) is 0 Å². The number of hydrogen-bond acceptors (Lipinski definition) is 3. The highest BCUT2D eigenvalue weighted by Crippen LogP contribution is 2.32. The second-order valence-corrected chi connectivity index (χ2v) is 4.86. The Labute approximate surface area is 104 Å². The normalized spacial score (nSPS) is 28.5. The van der Waals surface area contributed by atoms with E-state index in [2.05, 4.69) is 12.2 Å². The fraction of sp³-hybridized carbons (Fsp3) is 0.923. The van der Waals surface area contributed by atoms with Crippen molar-refractivity contribution in [3.63, 3.8) is 0 Å². The van der Waals surface area contributed by atoms with E-state index in [4.69, 9.17) is 4.74 Å². The van der Waals surface area contributed by atoms with Crippen molar-refractivity contribution < 1.29 is 14.6 Å². The standard InChI is InChI=1S/C13H25NO3/c1-3-5-6-9-17-11-7-8-13(10-11,12(15)16)14-4-2/h11,14H,3-10H2,1-2H3,(H,15,16). The molecule has 1 rings (SSSR count). The number of unbranched alkanes of at least 4 members (excludes halogenated alkanes) is 2. The molecule has 0 aromatic rings. The number of carboxylic acid groups (broad SMARTS) is 1. The predicted octanol–water partition coefficient (Wildman–Crippen LogP) is 2.18. The first-order valence-electron chi connectivity index (χ1n) is 6.74. The summed E-state index contributed by atoms with van der Waals surface area (Å²) >= 11 is 0. The van der Waals surface area contributed by atoms with E-state index in [1.807, 2.05) is 6.92 Å². The van der Waals surface area contributed by atoms with Crippen molar-refractivity contribution in [2.75, 3.05) is 13.2 Å². The van der Waals surface area contributed by atoms with E-state index in [1.54, 1.807) is 0 Å². The van der Waals surface area contributed by atoms with E-state index in [0.29, 0.717) is 19.4 Å². The highest BCUT2D eigenvalue weighted by atomic mass is 16.5. The molecule has 0 heterocycles. The number of likely N-dealkylation sites (N-methyl/N-ethyl adjacent to an activating group) is 1. The van der Waals surface area contributed by atoms with Gasteiger partial charge in [0.25, 0.3) is 0 Å². The minimum Gasteiger partial charge on any atom is -0.480 e. The molecule has 1 aliphatic rings. The van der Waals surface area contributed by atoms with E-state index < -0.39 is 11.5 Å². The third kappa shape index (κ3) is 3.96. The lowest BCUT2D eigenvalue weighted by Crippen LogP contribution is -2.50. The highest BCUT2D eigenvalue weighted by molar-refractivity contribution is 5.79. The first-order valence-corrected chi connectivity index (χ1v) is 6.74. The second kappa shape index (κ2) is 6.97. The van der Waals surface area contributed by atoms with Gasteiger partial charge in [-0.3, -0.25) is 4.79 Å². The third-order valence-electron chi connectivity index (χ3n) is 3.50. The lowest BCUT2D eigenvalue weighted by Gasteiger charge is -2.25. The van der Waals surface area contributed by atoms with Crippen LogP contribution in [0.1, 0.15) is 52.4 Å². The highest BCUT2D eigenvalue weighted by Gasteiger charge is 2.45. The Balaban J connectivity index is 2.35. The summed E-state index contributed by atoms with van der Waals surface area (Å²) in [6.07, 6.45) is 5.69. The summed E-state index contributed by atoms with van der Waals surface area (Å²) in [6, 6.07) is 0. The number of aliphatic carboxylic acids is 1. The Bertz CT molecular complexity index is 245. The summed E-state index contributed by atoms with van der Waals surface area (Å²) in [6.45, 7) is 5.56. The average molecular weight is 243 g/mol. The van der Waals surface area contributed by atoms with Gasteiger partial charge in [-0.05, 0) is 25.8 Å². The number of carbonyl (C=O) groups is 1. The molecule has 4 heteroatoms. The molecule has 2 unspecified atom stereocenters. The summed E-state index contributed by atoms with van der Waals surface area (Å²) in [7, 11) is 0. The lowest BCUT2D eigenvalue weighted by molar-refractivity contribution is -0.145. The summed E-state index contributed by atoms with van der Waals surface area (Å²) < 4.78 is 5.75. The molecule has 0 spiro atoms. The molecule has 4 nitrogen and oxygen atoms in total. The smallest absolute Gasteiger partial charge is 0.323 e. The zero-order chi connectivity index (χ0) is 12.7. The summed E-state index contributed by atoms with van der Waals surface area (Å²) in [4.78, 5) is 11.3. The fourth-order valence-corrected chi connectivity index (χ4v) is 2.51. The number of hydrogen-bond donors (Lipinski definition) is 2. The van der Waals surface area contributed by atoms with Crippen LogP contribution >= 0.6 is 0 Å². The van der Waals surface area contributed by atoms with Crippen LogP contribution in [0, 0.1) is 0 Å². The monoisotopic (exact) mass is 243 g/mol. The maximum atomic E-state index is 11.3. The number of carboxylic acids is 1. The van der Waals surface area contributed by atoms with Gasteiger partial charge in [-0.25, -0.2) is 0 Å². The molecule has 0 bridgehead atoms. The van der Waals surface area contributed by atoms with Crippen molar-refractivity contribution in [1.29, 1.82) is 0 Å². The quantitative estimate of drug-likeness (QED) is 0.641. The zero-order valence-corrected chi connectivity index (χ0v) is 11.0. The predicted molar refractivity (Wildman–Crippen MR) is 67.2 cm³/mol. The van der Waals surface area contributed by atoms with Gasteiger partial charge in [0.1, 0.15) is 5.54 Å². The molecule has 1 aliphatic carbocycles. The number of rotatable bonds is 8. The number of nitrogens with one attached hydrogen (secondary N) is 1. The Morgan fingerprint density at radius 3 is 2.82 bits per heavy atom. The maximum absolute atomic E-state index is 11.3. The van der Waals surface area contributed by atoms with E-state index >= 15 is 0 Å². The van der Waals surface area contributed by atoms with E-state index in [9.17, 15) is 9.90 Å². The molecule has 1 saturated carbocycles. The molecule has 2 N–H and O–H groups in total. The van der Waals surface area contributed by atoms with Crippen LogP contribution in [0.2, 0.25) is 0 Å². The van der Waals surface area contributed by atoms with Crippen molar-refractivity contribution in [1.82, 2.24) is 5.32 Å². The first kappa shape index (κ1) is 14.5. The minimum atomic E-state index is -0.746. The molecule has 0 aromatic carbocycles. The van der Waals surface area contributed by atoms with Gasteiger partial charge in [-0.1, -0.05) is 26.7 Å². The molecule has 1 fully saturated rings. The van der Waals surface area contributed by atoms with Crippen molar-refractivity contribution in [3.05, 3.63) is 0 Å². The molecular weight excluding hydrogens is 218 g/mol. The van der Waals surface area contributed by atoms with Crippen LogP contribution in [-0.4, -0.2) is 35.9 Å². The topological polar surface area (TPSA) is 58.6 Å². The van der Waals surface area contributed by atoms with Crippen LogP contribution in [0.25, 0.3) is 0 Å². The second-order valence-electron chi connectivity index (χ2n) is 4.86. The Morgan fingerprint density at radius 1 is 1.47 bits per heavy atom. The maximum Gasteiger partial charge on any atom is 0.323 e. The largest absolute Gasteiger partial charge is 0.480 e. The van der Waals surface area contributed by atoms with Crippen LogP contribution in [0.4, 0.5) is 0 Å². The van der Waals surface area contributed by atoms with Gasteiger partial charge in [0.15, 0.2) is 0 Å². The van der Waals surface area contributed by atoms with E-state index in [1.165, 1.54) is 12.8 Å². The van der Waals surface area contributed by atoms with Crippen LogP contribution in [0.5, 0.6) is 0 Å². The third-order valence-corrected chi connectivity index (χ3v) is 3.50. The Hall–Kier alpha value is -0.610. The zero-order valence-electron chi connectivity index (χ0n) is 11.0. The fourth-order valence-electron chi connectivity index (χ4n) is 2.51. The molecular formula is C13H25NO3.